The largest absolute Gasteiger partial charge is 0.311 e. The molecule has 1 aromatic rings. The Kier molecular flexibility index (Phi) is 4.82. The summed E-state index contributed by atoms with van der Waals surface area (Å²) < 4.78 is 0. The molecule has 3 heteroatoms. The van der Waals surface area contributed by atoms with Crippen LogP contribution >= 0.6 is 11.3 Å². The molecule has 0 saturated carbocycles. The molecule has 2 atom stereocenters. The van der Waals surface area contributed by atoms with Crippen LogP contribution in [-0.2, 0) is 6.42 Å². The molecule has 0 bridgehead atoms. The molecule has 2 nitrogen and oxygen atoms in total. The van der Waals surface area contributed by atoms with Crippen molar-refractivity contribution in [3.8, 4) is 0 Å². The molecule has 0 spiro atoms. The van der Waals surface area contributed by atoms with Gasteiger partial charge in [-0.1, -0.05) is 13.8 Å². The van der Waals surface area contributed by atoms with E-state index >= 15 is 0 Å². The molecule has 0 amide bonds. The second-order valence-electron chi connectivity index (χ2n) is 5.66. The SMILES string of the molecule is CCC1CN(CCc2ccsc2)C(C)(CC)CN1. The van der Waals surface area contributed by atoms with E-state index in [1.165, 1.54) is 37.9 Å². The van der Waals surface area contributed by atoms with Crippen LogP contribution in [0.2, 0.25) is 0 Å². The van der Waals surface area contributed by atoms with Gasteiger partial charge < -0.3 is 5.32 Å². The number of piperazine rings is 1. The van der Waals surface area contributed by atoms with Gasteiger partial charge in [-0.2, -0.15) is 11.3 Å². The Hall–Kier alpha value is -0.380. The first-order chi connectivity index (χ1) is 8.68. The summed E-state index contributed by atoms with van der Waals surface area (Å²) in [5.74, 6) is 0. The van der Waals surface area contributed by atoms with Gasteiger partial charge in [-0.3, -0.25) is 4.90 Å². The van der Waals surface area contributed by atoms with E-state index in [1.54, 1.807) is 11.3 Å². The van der Waals surface area contributed by atoms with Gasteiger partial charge in [0.15, 0.2) is 0 Å². The van der Waals surface area contributed by atoms with E-state index in [4.69, 9.17) is 0 Å². The van der Waals surface area contributed by atoms with Crippen LogP contribution in [-0.4, -0.2) is 36.1 Å². The topological polar surface area (TPSA) is 15.3 Å². The van der Waals surface area contributed by atoms with Gasteiger partial charge >= 0.3 is 0 Å². The van der Waals surface area contributed by atoms with Gasteiger partial charge in [0.25, 0.3) is 0 Å². The summed E-state index contributed by atoms with van der Waals surface area (Å²) in [7, 11) is 0. The van der Waals surface area contributed by atoms with Crippen LogP contribution in [0.15, 0.2) is 16.8 Å². The van der Waals surface area contributed by atoms with Gasteiger partial charge in [-0.15, -0.1) is 0 Å². The Morgan fingerprint density at radius 2 is 2.33 bits per heavy atom. The highest BCUT2D eigenvalue weighted by atomic mass is 32.1. The minimum absolute atomic E-state index is 0.335. The first-order valence-electron chi connectivity index (χ1n) is 7.17. The van der Waals surface area contributed by atoms with Crippen molar-refractivity contribution in [2.75, 3.05) is 19.6 Å². The van der Waals surface area contributed by atoms with E-state index in [0.717, 1.165) is 6.54 Å². The molecule has 18 heavy (non-hydrogen) atoms. The van der Waals surface area contributed by atoms with Crippen molar-refractivity contribution in [1.82, 2.24) is 10.2 Å². The zero-order chi connectivity index (χ0) is 13.0. The molecule has 0 radical (unpaired) electrons. The van der Waals surface area contributed by atoms with Gasteiger partial charge in [-0.25, -0.2) is 0 Å². The molecule has 2 unspecified atom stereocenters. The van der Waals surface area contributed by atoms with E-state index in [1.807, 2.05) is 0 Å². The minimum Gasteiger partial charge on any atom is -0.311 e. The van der Waals surface area contributed by atoms with Crippen molar-refractivity contribution in [3.05, 3.63) is 22.4 Å². The fraction of sp³-hybridized carbons (Fsp3) is 0.733. The lowest BCUT2D eigenvalue weighted by Crippen LogP contribution is -2.63. The van der Waals surface area contributed by atoms with E-state index in [9.17, 15) is 0 Å². The van der Waals surface area contributed by atoms with Crippen LogP contribution < -0.4 is 5.32 Å². The lowest BCUT2D eigenvalue weighted by Gasteiger charge is -2.48. The van der Waals surface area contributed by atoms with Crippen molar-refractivity contribution in [2.45, 2.75) is 51.6 Å². The predicted molar refractivity (Wildman–Crippen MR) is 80.4 cm³/mol. The summed E-state index contributed by atoms with van der Waals surface area (Å²) in [6.07, 6.45) is 3.64. The fourth-order valence-corrected chi connectivity index (χ4v) is 3.41. The Morgan fingerprint density at radius 1 is 1.50 bits per heavy atom. The number of rotatable bonds is 5. The summed E-state index contributed by atoms with van der Waals surface area (Å²) in [5.41, 5.74) is 1.83. The van der Waals surface area contributed by atoms with Gasteiger partial charge in [-0.05, 0) is 48.6 Å². The maximum absolute atomic E-state index is 3.69. The molecule has 0 aliphatic carbocycles. The summed E-state index contributed by atoms with van der Waals surface area (Å²) in [4.78, 5) is 2.70. The number of nitrogens with zero attached hydrogens (tertiary/aromatic N) is 1. The van der Waals surface area contributed by atoms with Crippen LogP contribution in [0.3, 0.4) is 0 Å². The van der Waals surface area contributed by atoms with Crippen molar-refractivity contribution < 1.29 is 0 Å². The first kappa shape index (κ1) is 14.0. The highest BCUT2D eigenvalue weighted by molar-refractivity contribution is 7.07. The third-order valence-corrected chi connectivity index (χ3v) is 5.21. The number of hydrogen-bond donors (Lipinski definition) is 1. The Balaban J connectivity index is 1.96. The van der Waals surface area contributed by atoms with Crippen LogP contribution in [0.4, 0.5) is 0 Å². The average molecular weight is 266 g/mol. The second-order valence-corrected chi connectivity index (χ2v) is 6.44. The van der Waals surface area contributed by atoms with Crippen molar-refractivity contribution in [1.29, 1.82) is 0 Å². The van der Waals surface area contributed by atoms with Crippen LogP contribution in [0.1, 0.15) is 39.2 Å². The Morgan fingerprint density at radius 3 is 2.94 bits per heavy atom. The van der Waals surface area contributed by atoms with Crippen molar-refractivity contribution in [2.24, 2.45) is 0 Å². The van der Waals surface area contributed by atoms with E-state index in [0.29, 0.717) is 11.6 Å². The lowest BCUT2D eigenvalue weighted by atomic mass is 9.91. The average Bonchev–Trinajstić information content (AvgIpc) is 2.91. The molecule has 1 N–H and O–H groups in total. The molecular formula is C15H26N2S. The minimum atomic E-state index is 0.335. The normalized spacial score (nSPS) is 29.6. The number of nitrogens with one attached hydrogen (secondary N) is 1. The molecule has 1 fully saturated rings. The molecular weight excluding hydrogens is 240 g/mol. The summed E-state index contributed by atoms with van der Waals surface area (Å²) >= 11 is 1.81. The van der Waals surface area contributed by atoms with Crippen LogP contribution in [0.25, 0.3) is 0 Å². The summed E-state index contributed by atoms with van der Waals surface area (Å²) in [6.45, 7) is 10.5. The molecule has 2 rings (SSSR count). The van der Waals surface area contributed by atoms with E-state index in [-0.39, 0.29) is 0 Å². The van der Waals surface area contributed by atoms with Gasteiger partial charge in [0.1, 0.15) is 0 Å². The maximum atomic E-state index is 3.69. The lowest BCUT2D eigenvalue weighted by molar-refractivity contribution is 0.0492. The maximum Gasteiger partial charge on any atom is 0.0304 e. The smallest absolute Gasteiger partial charge is 0.0304 e. The standard InChI is InChI=1S/C15H26N2S/c1-4-14-10-17(15(3,5-2)12-16-14)8-6-13-7-9-18-11-13/h7,9,11,14,16H,4-6,8,10,12H2,1-3H3. The van der Waals surface area contributed by atoms with Gasteiger partial charge in [0.2, 0.25) is 0 Å². The Bertz CT molecular complexity index is 349. The highest BCUT2D eigenvalue weighted by Crippen LogP contribution is 2.24. The van der Waals surface area contributed by atoms with E-state index < -0.39 is 0 Å². The zero-order valence-corrected chi connectivity index (χ0v) is 12.7. The monoisotopic (exact) mass is 266 g/mol. The molecule has 2 heterocycles. The molecule has 1 aromatic heterocycles. The van der Waals surface area contributed by atoms with Crippen LogP contribution in [0, 0.1) is 0 Å². The third kappa shape index (κ3) is 3.14. The molecule has 1 saturated heterocycles. The summed E-state index contributed by atoms with van der Waals surface area (Å²) in [6, 6.07) is 2.93. The van der Waals surface area contributed by atoms with E-state index in [2.05, 4.69) is 47.8 Å². The highest BCUT2D eigenvalue weighted by Gasteiger charge is 2.35. The van der Waals surface area contributed by atoms with Crippen molar-refractivity contribution >= 4 is 11.3 Å². The second kappa shape index (κ2) is 6.18. The van der Waals surface area contributed by atoms with Crippen LogP contribution in [0.5, 0.6) is 0 Å². The number of hydrogen-bond acceptors (Lipinski definition) is 3. The summed E-state index contributed by atoms with van der Waals surface area (Å²) in [5, 5.41) is 8.16. The third-order valence-electron chi connectivity index (χ3n) is 4.48. The quantitative estimate of drug-likeness (QED) is 0.881. The first-order valence-corrected chi connectivity index (χ1v) is 8.11. The molecule has 1 aliphatic rings. The molecule has 1 aliphatic heterocycles. The molecule has 102 valence electrons. The van der Waals surface area contributed by atoms with Crippen molar-refractivity contribution in [3.63, 3.8) is 0 Å². The Labute approximate surface area is 115 Å². The number of thiophene rings is 1. The van der Waals surface area contributed by atoms with Gasteiger partial charge in [0.05, 0.1) is 0 Å². The fourth-order valence-electron chi connectivity index (χ4n) is 2.71. The van der Waals surface area contributed by atoms with Gasteiger partial charge in [0, 0.05) is 31.2 Å². The zero-order valence-electron chi connectivity index (χ0n) is 11.9. The predicted octanol–water partition coefficient (Wildman–Crippen LogP) is 3.14. The molecule has 0 aromatic carbocycles.